The van der Waals surface area contributed by atoms with Crippen LogP contribution in [0.4, 0.5) is 0 Å². The molecule has 0 saturated heterocycles. The van der Waals surface area contributed by atoms with E-state index in [1.165, 1.54) is 0 Å². The monoisotopic (exact) mass is 300 g/mol. The van der Waals surface area contributed by atoms with E-state index in [1.54, 1.807) is 13.8 Å². The molecule has 0 aliphatic rings. The van der Waals surface area contributed by atoms with Crippen molar-refractivity contribution in [2.45, 2.75) is 36.0 Å². The SMILES string of the molecule is CC(C)(S)[C@H](NC(=O)[C@@H](N)C[SeH])C(=O)O. The van der Waals surface area contributed by atoms with Crippen molar-refractivity contribution in [1.82, 2.24) is 5.32 Å². The third-order valence-corrected chi connectivity index (χ3v) is 2.86. The Balaban J connectivity index is 4.58. The molecule has 0 fully saturated rings. The average molecular weight is 299 g/mol. The Bertz CT molecular complexity index is 255. The number of thiol groups is 1. The zero-order chi connectivity index (χ0) is 12.2. The van der Waals surface area contributed by atoms with Crippen LogP contribution in [-0.4, -0.2) is 49.8 Å². The first-order chi connectivity index (χ1) is 6.70. The van der Waals surface area contributed by atoms with Gasteiger partial charge < -0.3 is 0 Å². The topological polar surface area (TPSA) is 92.4 Å². The van der Waals surface area contributed by atoms with Crippen LogP contribution in [0.2, 0.25) is 5.32 Å². The molecule has 4 N–H and O–H groups in total. The molecule has 0 aromatic heterocycles. The predicted octanol–water partition coefficient (Wildman–Crippen LogP) is -1.09. The van der Waals surface area contributed by atoms with Crippen molar-refractivity contribution < 1.29 is 14.7 Å². The summed E-state index contributed by atoms with van der Waals surface area (Å²) in [4.78, 5) is 22.3. The molecule has 15 heavy (non-hydrogen) atoms. The Morgan fingerprint density at radius 3 is 2.33 bits per heavy atom. The molecular weight excluding hydrogens is 283 g/mol. The molecule has 7 heteroatoms. The van der Waals surface area contributed by atoms with Crippen LogP contribution in [0, 0.1) is 0 Å². The van der Waals surface area contributed by atoms with E-state index >= 15 is 0 Å². The zero-order valence-corrected chi connectivity index (χ0v) is 11.4. The average Bonchev–Trinajstić information content (AvgIpc) is 2.09. The van der Waals surface area contributed by atoms with Crippen LogP contribution >= 0.6 is 12.6 Å². The van der Waals surface area contributed by atoms with Gasteiger partial charge in [-0.1, -0.05) is 0 Å². The summed E-state index contributed by atoms with van der Waals surface area (Å²) in [6.07, 6.45) is 0. The first kappa shape index (κ1) is 14.8. The summed E-state index contributed by atoms with van der Waals surface area (Å²) < 4.78 is -0.843. The van der Waals surface area contributed by atoms with E-state index < -0.39 is 28.7 Å². The van der Waals surface area contributed by atoms with E-state index in [1.807, 2.05) is 0 Å². The van der Waals surface area contributed by atoms with Crippen LogP contribution in [0.15, 0.2) is 0 Å². The maximum atomic E-state index is 11.4. The fraction of sp³-hybridized carbons (Fsp3) is 0.750. The quantitative estimate of drug-likeness (QED) is 0.383. The number of carbonyl (C=O) groups excluding carboxylic acids is 1. The molecule has 0 heterocycles. The van der Waals surface area contributed by atoms with E-state index in [0.717, 1.165) is 0 Å². The maximum absolute atomic E-state index is 11.4. The summed E-state index contributed by atoms with van der Waals surface area (Å²) in [7, 11) is 0. The molecule has 0 aromatic rings. The van der Waals surface area contributed by atoms with Crippen LogP contribution in [0.3, 0.4) is 0 Å². The van der Waals surface area contributed by atoms with Crippen molar-refractivity contribution in [3.63, 3.8) is 0 Å². The van der Waals surface area contributed by atoms with Gasteiger partial charge in [-0.15, -0.1) is 0 Å². The van der Waals surface area contributed by atoms with Gasteiger partial charge in [0.15, 0.2) is 0 Å². The normalized spacial score (nSPS) is 15.5. The van der Waals surface area contributed by atoms with Crippen LogP contribution < -0.4 is 11.1 Å². The van der Waals surface area contributed by atoms with Crippen molar-refractivity contribution >= 4 is 40.5 Å². The number of hydrogen-bond acceptors (Lipinski definition) is 4. The van der Waals surface area contributed by atoms with Gasteiger partial charge in [-0.25, -0.2) is 0 Å². The molecule has 0 bridgehead atoms. The number of aliphatic carboxylic acids is 1. The van der Waals surface area contributed by atoms with Gasteiger partial charge in [-0.2, -0.15) is 0 Å². The third kappa shape index (κ3) is 4.88. The second-order valence-electron chi connectivity index (χ2n) is 3.72. The van der Waals surface area contributed by atoms with Crippen molar-refractivity contribution in [3.05, 3.63) is 0 Å². The molecule has 0 radical (unpaired) electrons. The van der Waals surface area contributed by atoms with E-state index in [-0.39, 0.29) is 0 Å². The van der Waals surface area contributed by atoms with Crippen molar-refractivity contribution in [2.75, 3.05) is 0 Å². The minimum atomic E-state index is -1.12. The molecule has 5 nitrogen and oxygen atoms in total. The summed E-state index contributed by atoms with van der Waals surface area (Å²) in [6, 6.07) is -1.76. The number of amides is 1. The molecule has 0 aromatic carbocycles. The molecule has 0 aliphatic carbocycles. The first-order valence-electron chi connectivity index (χ1n) is 4.32. The standard InChI is InChI=1S/C8H16N2O3SSe/c1-8(2,14)5(7(12)13)10-6(11)4(9)3-15/h4-5,14-15H,3,9H2,1-2H3,(H,10,11)(H,12,13)/t4-,5+/m0/s1. The molecular formula is C8H16N2O3SSe. The second-order valence-corrected chi connectivity index (χ2v) is 5.64. The Morgan fingerprint density at radius 2 is 2.07 bits per heavy atom. The van der Waals surface area contributed by atoms with Crippen molar-refractivity contribution in [3.8, 4) is 0 Å². The van der Waals surface area contributed by atoms with E-state index in [0.29, 0.717) is 5.32 Å². The summed E-state index contributed by atoms with van der Waals surface area (Å²) in [5.74, 6) is -1.61. The van der Waals surface area contributed by atoms with Crippen LogP contribution in [-0.2, 0) is 9.59 Å². The molecule has 0 saturated carbocycles. The van der Waals surface area contributed by atoms with E-state index in [2.05, 4.69) is 34.0 Å². The summed E-state index contributed by atoms with van der Waals surface area (Å²) >= 11 is 6.31. The van der Waals surface area contributed by atoms with Gasteiger partial charge in [0, 0.05) is 0 Å². The zero-order valence-electron chi connectivity index (χ0n) is 8.60. The molecule has 0 rings (SSSR count). The van der Waals surface area contributed by atoms with Crippen LogP contribution in [0.25, 0.3) is 0 Å². The number of rotatable bonds is 5. The van der Waals surface area contributed by atoms with Crippen molar-refractivity contribution in [2.24, 2.45) is 5.73 Å². The molecule has 88 valence electrons. The molecule has 2 atom stereocenters. The second kappa shape index (κ2) is 5.74. The van der Waals surface area contributed by atoms with Gasteiger partial charge in [-0.05, 0) is 0 Å². The van der Waals surface area contributed by atoms with E-state index in [4.69, 9.17) is 10.8 Å². The Labute approximate surface area is 102 Å². The van der Waals surface area contributed by atoms with Crippen molar-refractivity contribution in [1.29, 1.82) is 0 Å². The number of carboxylic acids is 1. The molecule has 0 unspecified atom stereocenters. The summed E-state index contributed by atoms with van der Waals surface area (Å²) in [5, 5.41) is 11.7. The number of hydrogen-bond donors (Lipinski definition) is 4. The van der Waals surface area contributed by atoms with Crippen LogP contribution in [0.1, 0.15) is 13.8 Å². The van der Waals surface area contributed by atoms with Gasteiger partial charge in [0.05, 0.1) is 0 Å². The predicted molar refractivity (Wildman–Crippen MR) is 62.6 cm³/mol. The molecule has 0 aliphatic heterocycles. The fourth-order valence-electron chi connectivity index (χ4n) is 0.873. The van der Waals surface area contributed by atoms with Gasteiger partial charge in [0.2, 0.25) is 0 Å². The molecule has 0 spiro atoms. The van der Waals surface area contributed by atoms with Gasteiger partial charge in [0.25, 0.3) is 0 Å². The minimum absolute atomic E-state index is 0.401. The number of carbonyl (C=O) groups is 2. The Morgan fingerprint density at radius 1 is 1.60 bits per heavy atom. The summed E-state index contributed by atoms with van der Waals surface area (Å²) in [6.45, 7) is 3.23. The Hall–Kier alpha value is -0.231. The first-order valence-corrected chi connectivity index (χ1v) is 6.09. The fourth-order valence-corrected chi connectivity index (χ4v) is 1.40. The third-order valence-electron chi connectivity index (χ3n) is 1.77. The van der Waals surface area contributed by atoms with Crippen LogP contribution in [0.5, 0.6) is 0 Å². The van der Waals surface area contributed by atoms with Gasteiger partial charge in [0.1, 0.15) is 0 Å². The van der Waals surface area contributed by atoms with E-state index in [9.17, 15) is 9.59 Å². The number of nitrogens with one attached hydrogen (secondary N) is 1. The summed E-state index contributed by atoms with van der Waals surface area (Å²) in [5.41, 5.74) is 5.46. The molecule has 1 amide bonds. The van der Waals surface area contributed by atoms with Gasteiger partial charge >= 0.3 is 102 Å². The number of nitrogens with two attached hydrogens (primary N) is 1. The number of carboxylic acid groups (broad SMARTS) is 1. The Kier molecular flexibility index (Phi) is 5.66. The van der Waals surface area contributed by atoms with Gasteiger partial charge in [-0.3, -0.25) is 0 Å².